The molecule has 0 spiro atoms. The van der Waals surface area contributed by atoms with E-state index in [1.807, 2.05) is 12.3 Å². The zero-order valence-corrected chi connectivity index (χ0v) is 20.1. The van der Waals surface area contributed by atoms with Crippen molar-refractivity contribution in [2.24, 2.45) is 5.92 Å². The molecule has 2 aromatic rings. The van der Waals surface area contributed by atoms with Gasteiger partial charge >= 0.3 is 21.1 Å². The van der Waals surface area contributed by atoms with Gasteiger partial charge in [-0.15, -0.1) is 16.4 Å². The fourth-order valence-corrected chi connectivity index (χ4v) is 3.54. The molecule has 0 aliphatic carbocycles. The molecule has 3 unspecified atom stereocenters. The van der Waals surface area contributed by atoms with Crippen LogP contribution in [-0.2, 0) is 26.5 Å². The standard InChI is InChI=1S/C14H19N5P.C6H3NO.W/c1-11-10-18(2)9-8-14(11,12-6-4-3-5-7-12)13-15-17-19(20)16-13;7-5-3-1-2-4-6-8;/h3-7,11H,2,8-10,20H2,1H3;6-8H;/q-1;-2;+2. The van der Waals surface area contributed by atoms with Crippen LogP contribution in [0.2, 0.25) is 0 Å². The summed E-state index contributed by atoms with van der Waals surface area (Å²) < 4.78 is 1.46. The smallest absolute Gasteiger partial charge is 0.459 e. The molecule has 1 aliphatic rings. The van der Waals surface area contributed by atoms with Crippen LogP contribution in [-0.4, -0.2) is 49.3 Å². The maximum absolute atomic E-state index is 7.93. The minimum atomic E-state index is -0.176. The van der Waals surface area contributed by atoms with E-state index in [1.165, 1.54) is 10.1 Å². The van der Waals surface area contributed by atoms with E-state index in [0.29, 0.717) is 12.5 Å². The largest absolute Gasteiger partial charge is 2.00 e. The van der Waals surface area contributed by atoms with Crippen molar-refractivity contribution >= 4 is 15.6 Å². The summed E-state index contributed by atoms with van der Waals surface area (Å²) in [5.74, 6) is 9.97. The Labute approximate surface area is 188 Å². The zero-order valence-electron chi connectivity index (χ0n) is 16.0. The van der Waals surface area contributed by atoms with Crippen molar-refractivity contribution in [1.82, 2.24) is 24.9 Å². The van der Waals surface area contributed by atoms with Crippen molar-refractivity contribution < 1.29 is 26.2 Å². The molecule has 2 heterocycles. The number of benzene rings is 1. The van der Waals surface area contributed by atoms with Crippen LogP contribution in [0.4, 0.5) is 0 Å². The van der Waals surface area contributed by atoms with Crippen LogP contribution in [0.5, 0.6) is 0 Å². The molecule has 1 aliphatic heterocycles. The molecule has 9 heteroatoms. The van der Waals surface area contributed by atoms with Crippen molar-refractivity contribution in [2.45, 2.75) is 18.8 Å². The fraction of sp³-hybridized carbons (Fsp3) is 0.300. The van der Waals surface area contributed by atoms with Gasteiger partial charge in [0.15, 0.2) is 5.82 Å². The molecule has 3 rings (SSSR count). The number of likely N-dealkylation sites (tertiary alicyclic amines) is 1. The van der Waals surface area contributed by atoms with E-state index in [0.717, 1.165) is 25.3 Å². The van der Waals surface area contributed by atoms with Gasteiger partial charge in [-0.25, -0.2) is 0 Å². The Morgan fingerprint density at radius 1 is 1.38 bits per heavy atom. The molecule has 3 atom stereocenters. The van der Waals surface area contributed by atoms with Gasteiger partial charge in [-0.2, -0.15) is 4.57 Å². The molecule has 150 valence electrons. The molecule has 7 nitrogen and oxygen atoms in total. The number of hydrogen-bond acceptors (Lipinski definition) is 6. The van der Waals surface area contributed by atoms with E-state index in [2.05, 4.69) is 91.6 Å². The second-order valence-corrected chi connectivity index (χ2v) is 6.73. The maximum Gasteiger partial charge on any atom is 2.00 e. The first-order chi connectivity index (χ1) is 13.5. The molecule has 1 fully saturated rings. The third kappa shape index (κ3) is 6.49. The average molecular weight is 577 g/mol. The van der Waals surface area contributed by atoms with E-state index in [1.54, 1.807) is 0 Å². The van der Waals surface area contributed by atoms with Crippen molar-refractivity contribution in [3.05, 3.63) is 55.4 Å². The van der Waals surface area contributed by atoms with Gasteiger partial charge in [0, 0.05) is 9.39 Å². The van der Waals surface area contributed by atoms with E-state index < -0.39 is 0 Å². The Bertz CT molecular complexity index is 898. The number of nitrogens with one attached hydrogen (secondary N) is 1. The van der Waals surface area contributed by atoms with Gasteiger partial charge in [-0.3, -0.25) is 18.9 Å². The fourth-order valence-electron chi connectivity index (χ4n) is 3.38. The normalized spacial score (nSPS) is 20.3. The number of hydrogen-bond donors (Lipinski definition) is 2. The van der Waals surface area contributed by atoms with Crippen LogP contribution in [0, 0.1) is 48.7 Å². The summed E-state index contributed by atoms with van der Waals surface area (Å²) in [6.07, 6.45) is 2.77. The first-order valence-corrected chi connectivity index (χ1v) is 9.11. The minimum absolute atomic E-state index is 0. The number of tetrazole rings is 1. The quantitative estimate of drug-likeness (QED) is 0.246. The van der Waals surface area contributed by atoms with Crippen molar-refractivity contribution in [3.63, 3.8) is 0 Å². The Hall–Kier alpha value is -2.01. The second-order valence-electron chi connectivity index (χ2n) is 6.27. The molecule has 0 radical (unpaired) electrons. The topological polar surface area (TPSA) is 90.9 Å². The second kappa shape index (κ2) is 12.5. The molecule has 0 amide bonds. The minimum Gasteiger partial charge on any atom is -0.459 e. The molecule has 2 N–H and O–H groups in total. The predicted molar refractivity (Wildman–Crippen MR) is 110 cm³/mol. The van der Waals surface area contributed by atoms with Crippen molar-refractivity contribution in [1.29, 1.82) is 5.41 Å². The third-order valence-electron chi connectivity index (χ3n) is 4.64. The molecule has 0 bridgehead atoms. The van der Waals surface area contributed by atoms with Crippen LogP contribution < -0.4 is 0 Å². The SMILES string of the molecule is N=[C-]C#CC#C[CH-]O.[CH2-]N1CCC(c2ccccc2)(c2nnn(P)n2)C(C)C1.[W+2]. The summed E-state index contributed by atoms with van der Waals surface area (Å²) in [6.45, 7) is 4.80. The molecular formula is C20H22N6OPW-. The Morgan fingerprint density at radius 3 is 2.66 bits per heavy atom. The van der Waals surface area contributed by atoms with Gasteiger partial charge in [-0.1, -0.05) is 43.9 Å². The molecule has 29 heavy (non-hydrogen) atoms. The Morgan fingerprint density at radius 2 is 2.10 bits per heavy atom. The van der Waals surface area contributed by atoms with Gasteiger partial charge in [0.05, 0.1) is 5.41 Å². The number of aromatic nitrogens is 4. The molecule has 1 saturated heterocycles. The van der Waals surface area contributed by atoms with Crippen LogP contribution in [0.3, 0.4) is 0 Å². The van der Waals surface area contributed by atoms with Crippen molar-refractivity contribution in [3.8, 4) is 23.7 Å². The summed E-state index contributed by atoms with van der Waals surface area (Å²) >= 11 is 0. The molecular weight excluding hydrogens is 555 g/mol. The van der Waals surface area contributed by atoms with Crippen LogP contribution in [0.25, 0.3) is 0 Å². The predicted octanol–water partition coefficient (Wildman–Crippen LogP) is 1.78. The number of piperidine rings is 1. The van der Waals surface area contributed by atoms with Gasteiger partial charge in [0.1, 0.15) is 0 Å². The molecule has 1 aromatic carbocycles. The third-order valence-corrected chi connectivity index (χ3v) is 4.85. The Kier molecular flexibility index (Phi) is 10.8. The van der Waals surface area contributed by atoms with Gasteiger partial charge in [0.2, 0.25) is 0 Å². The van der Waals surface area contributed by atoms with Crippen LogP contribution >= 0.6 is 9.39 Å². The van der Waals surface area contributed by atoms with Crippen LogP contribution in [0.15, 0.2) is 30.3 Å². The summed E-state index contributed by atoms with van der Waals surface area (Å²) in [6, 6.07) is 10.5. The average Bonchev–Trinajstić information content (AvgIpc) is 3.14. The summed E-state index contributed by atoms with van der Waals surface area (Å²) in [7, 11) is 6.52. The molecule has 0 saturated carbocycles. The maximum atomic E-state index is 7.93. The first kappa shape index (κ1) is 25.0. The van der Waals surface area contributed by atoms with E-state index in [-0.39, 0.29) is 26.5 Å². The van der Waals surface area contributed by atoms with Gasteiger partial charge in [0.25, 0.3) is 0 Å². The summed E-state index contributed by atoms with van der Waals surface area (Å²) in [4.78, 5) is 2.12. The van der Waals surface area contributed by atoms with Crippen molar-refractivity contribution in [2.75, 3.05) is 13.1 Å². The van der Waals surface area contributed by atoms with E-state index >= 15 is 0 Å². The Balaban J connectivity index is 0.000000403. The van der Waals surface area contributed by atoms with Gasteiger partial charge in [-0.05, 0) is 36.2 Å². The first-order valence-electron chi connectivity index (χ1n) is 8.59. The summed E-state index contributed by atoms with van der Waals surface area (Å²) in [5, 5.41) is 27.0. The summed E-state index contributed by atoms with van der Waals surface area (Å²) in [5.41, 5.74) is 1.09. The number of nitrogens with zero attached hydrogens (tertiary/aromatic N) is 5. The number of aliphatic hydroxyl groups is 1. The number of rotatable bonds is 2. The molecule has 1 aromatic heterocycles. The van der Waals surface area contributed by atoms with Gasteiger partial charge < -0.3 is 27.3 Å². The van der Waals surface area contributed by atoms with Crippen LogP contribution in [0.1, 0.15) is 24.7 Å². The van der Waals surface area contributed by atoms with E-state index in [9.17, 15) is 0 Å². The zero-order chi connectivity index (χ0) is 20.4. The number of aliphatic hydroxyl groups excluding tert-OH is 1. The van der Waals surface area contributed by atoms with E-state index in [4.69, 9.17) is 10.5 Å². The monoisotopic (exact) mass is 577 g/mol.